The highest BCUT2D eigenvalue weighted by molar-refractivity contribution is 9.10. The number of benzene rings is 1. The van der Waals surface area contributed by atoms with Crippen molar-refractivity contribution in [2.75, 3.05) is 6.61 Å². The Morgan fingerprint density at radius 3 is 2.81 bits per heavy atom. The van der Waals surface area contributed by atoms with Crippen LogP contribution in [0.5, 0.6) is 5.75 Å². The summed E-state index contributed by atoms with van der Waals surface area (Å²) in [5, 5.41) is 0. The van der Waals surface area contributed by atoms with E-state index < -0.39 is 0 Å². The van der Waals surface area contributed by atoms with Gasteiger partial charge in [-0.05, 0) is 43.5 Å². The lowest BCUT2D eigenvalue weighted by Crippen LogP contribution is -2.18. The second-order valence-corrected chi connectivity index (χ2v) is 4.91. The molecule has 0 bridgehead atoms. The molecule has 0 aliphatic rings. The molecule has 0 heterocycles. The average Bonchev–Trinajstić information content (AvgIpc) is 2.15. The number of halogens is 1. The van der Waals surface area contributed by atoms with Crippen LogP contribution in [0.15, 0.2) is 29.3 Å². The smallest absolute Gasteiger partial charge is 0.126 e. The fourth-order valence-corrected chi connectivity index (χ4v) is 2.27. The van der Waals surface area contributed by atoms with Crippen LogP contribution in [0.3, 0.4) is 0 Å². The quantitative estimate of drug-likeness (QED) is 0.843. The average molecular weight is 284 g/mol. The zero-order chi connectivity index (χ0) is 12.1. The van der Waals surface area contributed by atoms with Gasteiger partial charge in [-0.2, -0.15) is 0 Å². The Bertz CT molecular complexity index is 374. The summed E-state index contributed by atoms with van der Waals surface area (Å²) in [6.45, 7) is 8.21. The van der Waals surface area contributed by atoms with E-state index in [9.17, 15) is 0 Å². The predicted molar refractivity (Wildman–Crippen MR) is 71.9 cm³/mol. The molecule has 1 rings (SSSR count). The van der Waals surface area contributed by atoms with Crippen molar-refractivity contribution in [2.45, 2.75) is 26.3 Å². The molecule has 2 nitrogen and oxygen atoms in total. The molecule has 0 amide bonds. The first kappa shape index (κ1) is 13.3. The van der Waals surface area contributed by atoms with Crippen molar-refractivity contribution in [3.63, 3.8) is 0 Å². The summed E-state index contributed by atoms with van der Waals surface area (Å²) in [5.41, 5.74) is 8.09. The Hall–Kier alpha value is -0.800. The highest BCUT2D eigenvalue weighted by atomic mass is 79.9. The van der Waals surface area contributed by atoms with Crippen molar-refractivity contribution in [3.05, 3.63) is 40.4 Å². The van der Waals surface area contributed by atoms with E-state index in [-0.39, 0.29) is 6.04 Å². The monoisotopic (exact) mass is 283 g/mol. The molecule has 2 N–H and O–H groups in total. The van der Waals surface area contributed by atoms with Gasteiger partial charge in [0.25, 0.3) is 0 Å². The van der Waals surface area contributed by atoms with Crippen molar-refractivity contribution in [2.24, 2.45) is 5.73 Å². The Labute approximate surface area is 106 Å². The molecule has 0 aliphatic heterocycles. The minimum absolute atomic E-state index is 0.125. The SMILES string of the molecule is C=CCOc1c(C)cc(Br)cc1CC(C)N. The van der Waals surface area contributed by atoms with Crippen molar-refractivity contribution in [1.29, 1.82) is 0 Å². The van der Waals surface area contributed by atoms with Gasteiger partial charge < -0.3 is 10.5 Å². The second kappa shape index (κ2) is 6.06. The number of rotatable bonds is 5. The summed E-state index contributed by atoms with van der Waals surface area (Å²) in [4.78, 5) is 0. The number of ether oxygens (including phenoxy) is 1. The van der Waals surface area contributed by atoms with Crippen LogP contribution in [-0.4, -0.2) is 12.6 Å². The molecule has 0 saturated carbocycles. The van der Waals surface area contributed by atoms with Gasteiger partial charge in [0.1, 0.15) is 12.4 Å². The van der Waals surface area contributed by atoms with Gasteiger partial charge in [-0.25, -0.2) is 0 Å². The van der Waals surface area contributed by atoms with E-state index in [0.29, 0.717) is 6.61 Å². The Kier molecular flexibility index (Phi) is 5.03. The molecule has 0 aromatic heterocycles. The fraction of sp³-hybridized carbons (Fsp3) is 0.385. The van der Waals surface area contributed by atoms with Crippen LogP contribution in [0, 0.1) is 6.92 Å². The summed E-state index contributed by atoms with van der Waals surface area (Å²) < 4.78 is 6.74. The van der Waals surface area contributed by atoms with E-state index in [1.54, 1.807) is 6.08 Å². The van der Waals surface area contributed by atoms with Gasteiger partial charge in [-0.3, -0.25) is 0 Å². The predicted octanol–water partition coefficient (Wildman–Crippen LogP) is 3.21. The first-order valence-electron chi connectivity index (χ1n) is 5.33. The van der Waals surface area contributed by atoms with Crippen LogP contribution in [0.25, 0.3) is 0 Å². The van der Waals surface area contributed by atoms with Crippen molar-refractivity contribution in [1.82, 2.24) is 0 Å². The van der Waals surface area contributed by atoms with Crippen molar-refractivity contribution >= 4 is 15.9 Å². The van der Waals surface area contributed by atoms with Gasteiger partial charge in [0.05, 0.1) is 0 Å². The topological polar surface area (TPSA) is 35.2 Å². The fourth-order valence-electron chi connectivity index (χ4n) is 1.65. The highest BCUT2D eigenvalue weighted by Gasteiger charge is 2.10. The molecule has 1 unspecified atom stereocenters. The third kappa shape index (κ3) is 3.65. The first-order chi connectivity index (χ1) is 7.54. The normalized spacial score (nSPS) is 12.2. The van der Waals surface area contributed by atoms with Gasteiger partial charge in [0.2, 0.25) is 0 Å². The third-order valence-corrected chi connectivity index (χ3v) is 2.66. The Balaban J connectivity index is 3.04. The lowest BCUT2D eigenvalue weighted by molar-refractivity contribution is 0.355. The standard InChI is InChI=1S/C13H18BrNO/c1-4-5-16-13-9(2)6-12(14)8-11(13)7-10(3)15/h4,6,8,10H,1,5,7,15H2,2-3H3. The van der Waals surface area contributed by atoms with Crippen LogP contribution in [0.2, 0.25) is 0 Å². The summed E-state index contributed by atoms with van der Waals surface area (Å²) in [7, 11) is 0. The van der Waals surface area contributed by atoms with Crippen molar-refractivity contribution in [3.8, 4) is 5.75 Å². The number of aryl methyl sites for hydroxylation is 1. The molecule has 0 spiro atoms. The van der Waals surface area contributed by atoms with Crippen LogP contribution in [-0.2, 0) is 6.42 Å². The Morgan fingerprint density at radius 1 is 1.56 bits per heavy atom. The maximum absolute atomic E-state index is 5.83. The molecule has 1 aromatic rings. The summed E-state index contributed by atoms with van der Waals surface area (Å²) in [6.07, 6.45) is 2.56. The van der Waals surface area contributed by atoms with Crippen LogP contribution >= 0.6 is 15.9 Å². The van der Waals surface area contributed by atoms with E-state index in [1.165, 1.54) is 0 Å². The van der Waals surface area contributed by atoms with Crippen LogP contribution < -0.4 is 10.5 Å². The molecule has 3 heteroatoms. The van der Waals surface area contributed by atoms with E-state index in [1.807, 2.05) is 19.9 Å². The highest BCUT2D eigenvalue weighted by Crippen LogP contribution is 2.29. The molecule has 0 aliphatic carbocycles. The molecule has 1 atom stereocenters. The maximum Gasteiger partial charge on any atom is 0.126 e. The van der Waals surface area contributed by atoms with Gasteiger partial charge in [0.15, 0.2) is 0 Å². The number of hydrogen-bond donors (Lipinski definition) is 1. The molecule has 0 saturated heterocycles. The van der Waals surface area contributed by atoms with Gasteiger partial charge in [0, 0.05) is 10.5 Å². The lowest BCUT2D eigenvalue weighted by Gasteiger charge is -2.15. The van der Waals surface area contributed by atoms with Crippen LogP contribution in [0.1, 0.15) is 18.1 Å². The van der Waals surface area contributed by atoms with E-state index in [4.69, 9.17) is 10.5 Å². The minimum atomic E-state index is 0.125. The lowest BCUT2D eigenvalue weighted by atomic mass is 10.0. The second-order valence-electron chi connectivity index (χ2n) is 3.99. The van der Waals surface area contributed by atoms with E-state index >= 15 is 0 Å². The van der Waals surface area contributed by atoms with Gasteiger partial charge in [-0.1, -0.05) is 28.6 Å². The summed E-state index contributed by atoms with van der Waals surface area (Å²) >= 11 is 3.49. The first-order valence-corrected chi connectivity index (χ1v) is 6.12. The zero-order valence-electron chi connectivity index (χ0n) is 9.79. The third-order valence-electron chi connectivity index (χ3n) is 2.20. The largest absolute Gasteiger partial charge is 0.489 e. The summed E-state index contributed by atoms with van der Waals surface area (Å²) in [5.74, 6) is 0.931. The maximum atomic E-state index is 5.83. The molecule has 16 heavy (non-hydrogen) atoms. The Morgan fingerprint density at radius 2 is 2.25 bits per heavy atom. The number of hydrogen-bond acceptors (Lipinski definition) is 2. The molecular weight excluding hydrogens is 266 g/mol. The molecule has 1 aromatic carbocycles. The van der Waals surface area contributed by atoms with E-state index in [0.717, 1.165) is 27.8 Å². The summed E-state index contributed by atoms with van der Waals surface area (Å²) in [6, 6.07) is 4.23. The zero-order valence-corrected chi connectivity index (χ0v) is 11.4. The molecular formula is C13H18BrNO. The minimum Gasteiger partial charge on any atom is -0.489 e. The molecule has 88 valence electrons. The van der Waals surface area contributed by atoms with Gasteiger partial charge in [-0.15, -0.1) is 0 Å². The van der Waals surface area contributed by atoms with Crippen molar-refractivity contribution < 1.29 is 4.74 Å². The van der Waals surface area contributed by atoms with Gasteiger partial charge >= 0.3 is 0 Å². The van der Waals surface area contributed by atoms with E-state index in [2.05, 4.69) is 28.6 Å². The van der Waals surface area contributed by atoms with Crippen LogP contribution in [0.4, 0.5) is 0 Å². The number of nitrogens with two attached hydrogens (primary N) is 1. The molecule has 0 fully saturated rings. The molecule has 0 radical (unpaired) electrons.